The first-order valence-electron chi connectivity index (χ1n) is 6.19. The summed E-state index contributed by atoms with van der Waals surface area (Å²) in [5.74, 6) is -3.53. The predicted octanol–water partition coefficient (Wildman–Crippen LogP) is 0.909. The second-order valence-corrected chi connectivity index (χ2v) is 4.59. The van der Waals surface area contributed by atoms with Gasteiger partial charge in [0.1, 0.15) is 6.04 Å². The van der Waals surface area contributed by atoms with Gasteiger partial charge in [-0.25, -0.2) is 4.79 Å². The maximum atomic E-state index is 11.9. The third-order valence-electron chi connectivity index (χ3n) is 2.83. The summed E-state index contributed by atoms with van der Waals surface area (Å²) in [6, 6.07) is 7.90. The number of carboxylic acids is 2. The van der Waals surface area contributed by atoms with Crippen molar-refractivity contribution in [2.24, 2.45) is 5.92 Å². The van der Waals surface area contributed by atoms with Crippen molar-refractivity contribution in [2.75, 3.05) is 0 Å². The first-order chi connectivity index (χ1) is 9.40. The lowest BCUT2D eigenvalue weighted by atomic mass is 10.00. The smallest absolute Gasteiger partial charge is 0.326 e. The van der Waals surface area contributed by atoms with Crippen molar-refractivity contribution >= 4 is 17.8 Å². The summed E-state index contributed by atoms with van der Waals surface area (Å²) in [5, 5.41) is 19.7. The van der Waals surface area contributed by atoms with Crippen LogP contribution in [-0.4, -0.2) is 34.1 Å². The third kappa shape index (κ3) is 5.09. The number of hydrogen-bond donors (Lipinski definition) is 3. The van der Waals surface area contributed by atoms with Crippen LogP contribution in [0.3, 0.4) is 0 Å². The maximum Gasteiger partial charge on any atom is 0.326 e. The Bertz CT molecular complexity index is 486. The summed E-state index contributed by atoms with van der Waals surface area (Å²) in [5.41, 5.74) is 0.959. The second kappa shape index (κ2) is 7.28. The van der Waals surface area contributed by atoms with E-state index in [0.717, 1.165) is 5.56 Å². The number of benzene rings is 1. The highest BCUT2D eigenvalue weighted by molar-refractivity contribution is 5.87. The molecule has 2 atom stereocenters. The van der Waals surface area contributed by atoms with Crippen LogP contribution in [0.25, 0.3) is 0 Å². The first kappa shape index (κ1) is 15.7. The van der Waals surface area contributed by atoms with Crippen LogP contribution in [0.15, 0.2) is 30.3 Å². The molecule has 1 unspecified atom stereocenters. The Morgan fingerprint density at radius 3 is 2.25 bits per heavy atom. The normalized spacial score (nSPS) is 13.2. The fraction of sp³-hybridized carbons (Fsp3) is 0.357. The minimum absolute atomic E-state index is 0.437. The van der Waals surface area contributed by atoms with Gasteiger partial charge in [0.2, 0.25) is 5.91 Å². The summed E-state index contributed by atoms with van der Waals surface area (Å²) in [6.45, 7) is 1.67. The molecule has 0 heterocycles. The van der Waals surface area contributed by atoms with Crippen LogP contribution in [0.5, 0.6) is 0 Å². The summed E-state index contributed by atoms with van der Waals surface area (Å²) in [4.78, 5) is 33.3. The number of hydrogen-bond acceptors (Lipinski definition) is 3. The topological polar surface area (TPSA) is 104 Å². The van der Waals surface area contributed by atoms with Crippen molar-refractivity contribution in [1.29, 1.82) is 0 Å². The van der Waals surface area contributed by atoms with E-state index in [1.807, 2.05) is 30.3 Å². The van der Waals surface area contributed by atoms with Gasteiger partial charge in [0.15, 0.2) is 0 Å². The van der Waals surface area contributed by atoms with Gasteiger partial charge in [-0.2, -0.15) is 0 Å². The van der Waals surface area contributed by atoms with E-state index in [-0.39, 0.29) is 0 Å². The molecule has 6 nitrogen and oxygen atoms in total. The standard InChI is InChI=1S/C14H17NO5/c1-9(7-10-5-3-2-4-6-10)13(18)15-11(14(19)20)8-12(16)17/h2-6,9,11H,7-8H2,1H3,(H,15,18)(H,16,17)(H,19,20)/t9?,11-/m0/s1. The lowest BCUT2D eigenvalue weighted by Gasteiger charge is -2.16. The number of carbonyl (C=O) groups is 3. The van der Waals surface area contributed by atoms with Crippen LogP contribution < -0.4 is 5.32 Å². The van der Waals surface area contributed by atoms with E-state index in [2.05, 4.69) is 5.32 Å². The van der Waals surface area contributed by atoms with Crippen LogP contribution in [-0.2, 0) is 20.8 Å². The molecule has 1 aromatic rings. The van der Waals surface area contributed by atoms with Gasteiger partial charge in [-0.1, -0.05) is 37.3 Å². The van der Waals surface area contributed by atoms with Crippen molar-refractivity contribution in [3.8, 4) is 0 Å². The quantitative estimate of drug-likeness (QED) is 0.688. The van der Waals surface area contributed by atoms with Crippen molar-refractivity contribution in [3.05, 3.63) is 35.9 Å². The van der Waals surface area contributed by atoms with E-state index in [0.29, 0.717) is 6.42 Å². The monoisotopic (exact) mass is 279 g/mol. The molecule has 1 aromatic carbocycles. The van der Waals surface area contributed by atoms with E-state index >= 15 is 0 Å². The fourth-order valence-electron chi connectivity index (χ4n) is 1.75. The summed E-state index contributed by atoms with van der Waals surface area (Å²) < 4.78 is 0. The minimum atomic E-state index is -1.40. The molecule has 0 fully saturated rings. The Kier molecular flexibility index (Phi) is 5.71. The summed E-state index contributed by atoms with van der Waals surface area (Å²) >= 11 is 0. The Morgan fingerprint density at radius 1 is 1.15 bits per heavy atom. The molecule has 0 saturated heterocycles. The zero-order chi connectivity index (χ0) is 15.1. The lowest BCUT2D eigenvalue weighted by Crippen LogP contribution is -2.44. The molecule has 6 heteroatoms. The molecule has 0 bridgehead atoms. The zero-order valence-corrected chi connectivity index (χ0v) is 11.1. The first-order valence-corrected chi connectivity index (χ1v) is 6.19. The molecule has 0 aliphatic carbocycles. The van der Waals surface area contributed by atoms with Crippen LogP contribution in [0, 0.1) is 5.92 Å². The fourth-order valence-corrected chi connectivity index (χ4v) is 1.75. The summed E-state index contributed by atoms with van der Waals surface area (Å²) in [6.07, 6.45) is -0.175. The van der Waals surface area contributed by atoms with E-state index < -0.39 is 36.2 Å². The Morgan fingerprint density at radius 2 is 1.75 bits per heavy atom. The molecule has 0 spiro atoms. The van der Waals surface area contributed by atoms with Crippen LogP contribution >= 0.6 is 0 Å². The van der Waals surface area contributed by atoms with Crippen LogP contribution in [0.4, 0.5) is 0 Å². The molecule has 0 aromatic heterocycles. The molecule has 1 rings (SSSR count). The number of amides is 1. The number of nitrogens with one attached hydrogen (secondary N) is 1. The predicted molar refractivity (Wildman–Crippen MR) is 71.1 cm³/mol. The van der Waals surface area contributed by atoms with E-state index in [4.69, 9.17) is 10.2 Å². The molecule has 108 valence electrons. The molecular formula is C14H17NO5. The molecule has 0 aliphatic heterocycles. The molecule has 0 radical (unpaired) electrons. The van der Waals surface area contributed by atoms with Gasteiger partial charge < -0.3 is 15.5 Å². The number of carbonyl (C=O) groups excluding carboxylic acids is 1. The highest BCUT2D eigenvalue weighted by Gasteiger charge is 2.25. The summed E-state index contributed by atoms with van der Waals surface area (Å²) in [7, 11) is 0. The SMILES string of the molecule is CC(Cc1ccccc1)C(=O)N[C@@H](CC(=O)O)C(=O)O. The van der Waals surface area contributed by atoms with Gasteiger partial charge in [0, 0.05) is 5.92 Å². The third-order valence-corrected chi connectivity index (χ3v) is 2.83. The Balaban J connectivity index is 2.59. The van der Waals surface area contributed by atoms with Gasteiger partial charge in [0.05, 0.1) is 6.42 Å². The molecule has 3 N–H and O–H groups in total. The van der Waals surface area contributed by atoms with Crippen molar-refractivity contribution < 1.29 is 24.6 Å². The molecule has 0 aliphatic rings. The van der Waals surface area contributed by atoms with Gasteiger partial charge in [-0.3, -0.25) is 9.59 Å². The lowest BCUT2D eigenvalue weighted by molar-refractivity contribution is -0.147. The van der Waals surface area contributed by atoms with Crippen molar-refractivity contribution in [2.45, 2.75) is 25.8 Å². The van der Waals surface area contributed by atoms with E-state index in [1.54, 1.807) is 6.92 Å². The molecule has 1 amide bonds. The zero-order valence-electron chi connectivity index (χ0n) is 11.1. The van der Waals surface area contributed by atoms with Crippen molar-refractivity contribution in [1.82, 2.24) is 5.32 Å². The number of aliphatic carboxylic acids is 2. The highest BCUT2D eigenvalue weighted by atomic mass is 16.4. The van der Waals surface area contributed by atoms with Gasteiger partial charge in [0.25, 0.3) is 0 Å². The van der Waals surface area contributed by atoms with E-state index in [9.17, 15) is 14.4 Å². The average Bonchev–Trinajstić information content (AvgIpc) is 2.38. The van der Waals surface area contributed by atoms with Crippen LogP contribution in [0.2, 0.25) is 0 Å². The van der Waals surface area contributed by atoms with Gasteiger partial charge >= 0.3 is 11.9 Å². The van der Waals surface area contributed by atoms with Gasteiger partial charge in [-0.15, -0.1) is 0 Å². The van der Waals surface area contributed by atoms with Gasteiger partial charge in [-0.05, 0) is 12.0 Å². The number of carboxylic acid groups (broad SMARTS) is 2. The van der Waals surface area contributed by atoms with Crippen molar-refractivity contribution in [3.63, 3.8) is 0 Å². The number of rotatable bonds is 7. The molecule has 20 heavy (non-hydrogen) atoms. The van der Waals surface area contributed by atoms with E-state index in [1.165, 1.54) is 0 Å². The largest absolute Gasteiger partial charge is 0.481 e. The Labute approximate surface area is 116 Å². The average molecular weight is 279 g/mol. The maximum absolute atomic E-state index is 11.9. The molecule has 0 saturated carbocycles. The Hall–Kier alpha value is -2.37. The second-order valence-electron chi connectivity index (χ2n) is 4.59. The minimum Gasteiger partial charge on any atom is -0.481 e. The highest BCUT2D eigenvalue weighted by Crippen LogP contribution is 2.09. The molecular weight excluding hydrogens is 262 g/mol. The van der Waals surface area contributed by atoms with Crippen LogP contribution in [0.1, 0.15) is 18.9 Å².